The molecule has 1 aromatic carbocycles. The number of piperazine rings is 1. The second kappa shape index (κ2) is 9.24. The zero-order valence-corrected chi connectivity index (χ0v) is 18.1. The van der Waals surface area contributed by atoms with E-state index in [1.807, 2.05) is 19.2 Å². The van der Waals surface area contributed by atoms with E-state index in [9.17, 15) is 8.42 Å². The second-order valence-electron chi connectivity index (χ2n) is 7.91. The van der Waals surface area contributed by atoms with Crippen LogP contribution in [0, 0.1) is 5.92 Å². The summed E-state index contributed by atoms with van der Waals surface area (Å²) in [5, 5.41) is 3.38. The maximum Gasteiger partial charge on any atom is 0.243 e. The van der Waals surface area contributed by atoms with Crippen molar-refractivity contribution in [2.75, 3.05) is 53.4 Å². The highest BCUT2D eigenvalue weighted by atomic mass is 32.2. The van der Waals surface area contributed by atoms with E-state index in [4.69, 9.17) is 0 Å². The molecule has 156 valence electrons. The lowest BCUT2D eigenvalue weighted by molar-refractivity contribution is 0.222. The van der Waals surface area contributed by atoms with Gasteiger partial charge in [0.2, 0.25) is 10.0 Å². The minimum Gasteiger partial charge on any atom is -0.352 e. The third-order valence-electron chi connectivity index (χ3n) is 5.66. The van der Waals surface area contributed by atoms with E-state index < -0.39 is 10.0 Å². The summed E-state index contributed by atoms with van der Waals surface area (Å²) < 4.78 is 28.0. The van der Waals surface area contributed by atoms with Crippen LogP contribution in [-0.4, -0.2) is 81.8 Å². The molecule has 2 aliphatic heterocycles. The maximum absolute atomic E-state index is 13.2. The molecule has 0 spiro atoms. The molecule has 1 atom stereocenters. The molecule has 2 heterocycles. The molecule has 0 saturated carbocycles. The number of likely N-dealkylation sites (tertiary alicyclic amines) is 1. The Hall–Kier alpha value is -1.64. The van der Waals surface area contributed by atoms with E-state index in [0.717, 1.165) is 44.1 Å². The number of guanidine groups is 1. The third kappa shape index (κ3) is 4.85. The molecule has 0 radical (unpaired) electrons. The average Bonchev–Trinajstić information content (AvgIpc) is 2.69. The lowest BCUT2D eigenvalue weighted by Gasteiger charge is -2.34. The molecule has 1 unspecified atom stereocenters. The highest BCUT2D eigenvalue weighted by Crippen LogP contribution is 2.22. The molecule has 28 heavy (non-hydrogen) atoms. The molecule has 0 aromatic heterocycles. The zero-order valence-electron chi connectivity index (χ0n) is 17.3. The van der Waals surface area contributed by atoms with Crippen LogP contribution in [0.5, 0.6) is 0 Å². The van der Waals surface area contributed by atoms with E-state index in [1.54, 1.807) is 23.5 Å². The van der Waals surface area contributed by atoms with Gasteiger partial charge in [-0.25, -0.2) is 8.42 Å². The maximum atomic E-state index is 13.2. The van der Waals surface area contributed by atoms with Gasteiger partial charge in [0.15, 0.2) is 5.96 Å². The fourth-order valence-corrected chi connectivity index (χ4v) is 5.60. The molecule has 2 aliphatic rings. The van der Waals surface area contributed by atoms with Gasteiger partial charge in [-0.1, -0.05) is 25.1 Å². The molecule has 0 aliphatic carbocycles. The van der Waals surface area contributed by atoms with Crippen LogP contribution in [0.25, 0.3) is 0 Å². The van der Waals surface area contributed by atoms with Crippen molar-refractivity contribution < 1.29 is 8.42 Å². The average molecular weight is 408 g/mol. The van der Waals surface area contributed by atoms with Gasteiger partial charge in [0.1, 0.15) is 0 Å². The van der Waals surface area contributed by atoms with Crippen LogP contribution < -0.4 is 5.32 Å². The largest absolute Gasteiger partial charge is 0.352 e. The summed E-state index contributed by atoms with van der Waals surface area (Å²) in [6.45, 7) is 7.28. The van der Waals surface area contributed by atoms with E-state index in [0.29, 0.717) is 30.4 Å². The van der Waals surface area contributed by atoms with Gasteiger partial charge in [-0.2, -0.15) is 4.31 Å². The first kappa shape index (κ1) is 21.1. The molecule has 8 heteroatoms. The Balaban J connectivity index is 1.73. The molecule has 1 N–H and O–H groups in total. The van der Waals surface area contributed by atoms with Gasteiger partial charge >= 0.3 is 0 Å². The molecule has 3 rings (SSSR count). The number of hydrogen-bond acceptors (Lipinski definition) is 4. The van der Waals surface area contributed by atoms with E-state index >= 15 is 0 Å². The van der Waals surface area contributed by atoms with Gasteiger partial charge in [-0.05, 0) is 37.4 Å². The van der Waals surface area contributed by atoms with Gasteiger partial charge in [0.05, 0.1) is 4.90 Å². The van der Waals surface area contributed by atoms with Gasteiger partial charge in [0.25, 0.3) is 0 Å². The predicted molar refractivity (Wildman–Crippen MR) is 113 cm³/mol. The monoisotopic (exact) mass is 407 g/mol. The SMILES string of the molecule is CN=C(NCc1ccccc1S(=O)(=O)N1CCN(C)CC1)N1CCCC(C)C1. The molecule has 2 saturated heterocycles. The molecule has 0 amide bonds. The number of likely N-dealkylation sites (N-methyl/N-ethyl adjacent to an activating group) is 1. The quantitative estimate of drug-likeness (QED) is 0.604. The van der Waals surface area contributed by atoms with Gasteiger partial charge < -0.3 is 15.1 Å². The summed E-state index contributed by atoms with van der Waals surface area (Å²) in [5.41, 5.74) is 0.785. The van der Waals surface area contributed by atoms with Gasteiger partial charge in [-0.3, -0.25) is 4.99 Å². The van der Waals surface area contributed by atoms with E-state index in [-0.39, 0.29) is 0 Å². The first-order valence-electron chi connectivity index (χ1n) is 10.1. The van der Waals surface area contributed by atoms with Crippen LogP contribution in [-0.2, 0) is 16.6 Å². The first-order valence-corrected chi connectivity index (χ1v) is 11.6. The van der Waals surface area contributed by atoms with Gasteiger partial charge in [-0.15, -0.1) is 0 Å². The van der Waals surface area contributed by atoms with Crippen LogP contribution in [0.2, 0.25) is 0 Å². The Bertz CT molecular complexity index is 788. The summed E-state index contributed by atoms with van der Waals surface area (Å²) >= 11 is 0. The Morgan fingerprint density at radius 2 is 1.89 bits per heavy atom. The normalized spacial score (nSPS) is 23.0. The van der Waals surface area contributed by atoms with Crippen LogP contribution in [0.3, 0.4) is 0 Å². The minimum absolute atomic E-state index is 0.398. The number of sulfonamides is 1. The summed E-state index contributed by atoms with van der Waals surface area (Å²) in [4.78, 5) is 9.24. The van der Waals surface area contributed by atoms with E-state index in [2.05, 4.69) is 27.0 Å². The summed E-state index contributed by atoms with van der Waals surface area (Å²) in [6, 6.07) is 7.30. The van der Waals surface area contributed by atoms with Crippen molar-refractivity contribution in [2.45, 2.75) is 31.2 Å². The predicted octanol–water partition coefficient (Wildman–Crippen LogP) is 1.43. The topological polar surface area (TPSA) is 68.2 Å². The van der Waals surface area contributed by atoms with Crippen molar-refractivity contribution in [3.63, 3.8) is 0 Å². The van der Waals surface area contributed by atoms with Crippen molar-refractivity contribution in [2.24, 2.45) is 10.9 Å². The molecule has 2 fully saturated rings. The number of piperidine rings is 1. The summed E-state index contributed by atoms with van der Waals surface area (Å²) in [5.74, 6) is 1.50. The van der Waals surface area contributed by atoms with Crippen LogP contribution in [0.1, 0.15) is 25.3 Å². The lowest BCUT2D eigenvalue weighted by atomic mass is 10.0. The van der Waals surface area contributed by atoms with Crippen molar-refractivity contribution in [1.29, 1.82) is 0 Å². The Labute approximate surface area is 169 Å². The van der Waals surface area contributed by atoms with Crippen molar-refractivity contribution >= 4 is 16.0 Å². The molecular formula is C20H33N5O2S. The first-order chi connectivity index (χ1) is 13.4. The highest BCUT2D eigenvalue weighted by Gasteiger charge is 2.29. The number of rotatable bonds is 4. The minimum atomic E-state index is -3.49. The third-order valence-corrected chi connectivity index (χ3v) is 7.66. The highest BCUT2D eigenvalue weighted by molar-refractivity contribution is 7.89. The number of nitrogens with one attached hydrogen (secondary N) is 1. The van der Waals surface area contributed by atoms with Crippen LogP contribution in [0.4, 0.5) is 0 Å². The second-order valence-corrected chi connectivity index (χ2v) is 9.82. The number of nitrogens with zero attached hydrogens (tertiary/aromatic N) is 4. The van der Waals surface area contributed by atoms with Crippen molar-refractivity contribution in [3.05, 3.63) is 29.8 Å². The lowest BCUT2D eigenvalue weighted by Crippen LogP contribution is -2.47. The number of hydrogen-bond donors (Lipinski definition) is 1. The Morgan fingerprint density at radius 1 is 1.18 bits per heavy atom. The standard InChI is InChI=1S/C20H33N5O2S/c1-17-7-6-10-24(16-17)20(21-2)22-15-18-8-4-5-9-19(18)28(26,27)25-13-11-23(3)12-14-25/h4-5,8-9,17H,6-7,10-16H2,1-3H3,(H,21,22). The Kier molecular flexibility index (Phi) is 6.95. The summed E-state index contributed by atoms with van der Waals surface area (Å²) in [6.07, 6.45) is 2.41. The summed E-state index contributed by atoms with van der Waals surface area (Å²) in [7, 11) is 0.318. The van der Waals surface area contributed by atoms with Gasteiger partial charge in [0, 0.05) is 52.9 Å². The molecular weight excluding hydrogens is 374 g/mol. The van der Waals surface area contributed by atoms with Crippen molar-refractivity contribution in [1.82, 2.24) is 19.4 Å². The number of benzene rings is 1. The fraction of sp³-hybridized carbons (Fsp3) is 0.650. The molecule has 7 nitrogen and oxygen atoms in total. The van der Waals surface area contributed by atoms with Crippen LogP contribution >= 0.6 is 0 Å². The van der Waals surface area contributed by atoms with E-state index in [1.165, 1.54) is 6.42 Å². The smallest absolute Gasteiger partial charge is 0.243 e. The number of aliphatic imine (C=N–C) groups is 1. The zero-order chi connectivity index (χ0) is 20.1. The molecule has 1 aromatic rings. The van der Waals surface area contributed by atoms with Crippen molar-refractivity contribution in [3.8, 4) is 0 Å². The Morgan fingerprint density at radius 3 is 2.57 bits per heavy atom. The fourth-order valence-electron chi connectivity index (χ4n) is 3.96. The van der Waals surface area contributed by atoms with Crippen LogP contribution in [0.15, 0.2) is 34.2 Å². The molecule has 0 bridgehead atoms.